The van der Waals surface area contributed by atoms with E-state index in [0.29, 0.717) is 6.54 Å². The van der Waals surface area contributed by atoms with Crippen LogP contribution in [-0.4, -0.2) is 29.8 Å². The highest BCUT2D eigenvalue weighted by atomic mass is 19.3. The quantitative estimate of drug-likeness (QED) is 0.620. The molecule has 0 aliphatic rings. The lowest BCUT2D eigenvalue weighted by molar-refractivity contribution is -0.133. The zero-order valence-electron chi connectivity index (χ0n) is 7.03. The molecule has 0 aromatic carbocycles. The molecule has 0 saturated carbocycles. The van der Waals surface area contributed by atoms with Crippen molar-refractivity contribution in [2.24, 2.45) is 0 Å². The van der Waals surface area contributed by atoms with Crippen molar-refractivity contribution in [2.45, 2.75) is 26.7 Å². The van der Waals surface area contributed by atoms with Crippen molar-refractivity contribution in [1.29, 1.82) is 0 Å². The van der Waals surface area contributed by atoms with Gasteiger partial charge in [0, 0.05) is 20.4 Å². The molecule has 0 fully saturated rings. The van der Waals surface area contributed by atoms with Gasteiger partial charge in [0.25, 0.3) is 5.92 Å². The third-order valence-corrected chi connectivity index (χ3v) is 1.30. The molecule has 0 atom stereocenters. The number of nitrogens with zero attached hydrogens (tertiary/aromatic N) is 1. The van der Waals surface area contributed by atoms with E-state index in [0.717, 1.165) is 11.8 Å². The summed E-state index contributed by atoms with van der Waals surface area (Å²) < 4.78 is 24.7. The molecule has 0 aromatic heterocycles. The van der Waals surface area contributed by atoms with Crippen LogP contribution in [-0.2, 0) is 4.79 Å². The zero-order valence-corrected chi connectivity index (χ0v) is 7.03. The third kappa shape index (κ3) is 4.70. The van der Waals surface area contributed by atoms with Gasteiger partial charge in [-0.05, 0) is 6.92 Å². The van der Waals surface area contributed by atoms with Crippen molar-refractivity contribution in [3.63, 3.8) is 0 Å². The molecule has 0 rings (SSSR count). The van der Waals surface area contributed by atoms with E-state index < -0.39 is 12.5 Å². The van der Waals surface area contributed by atoms with Gasteiger partial charge in [-0.3, -0.25) is 4.79 Å². The van der Waals surface area contributed by atoms with Crippen LogP contribution in [0.3, 0.4) is 0 Å². The first-order valence-electron chi connectivity index (χ1n) is 3.50. The molecule has 0 heterocycles. The van der Waals surface area contributed by atoms with Gasteiger partial charge in [0.05, 0.1) is 6.54 Å². The highest BCUT2D eigenvalue weighted by Crippen LogP contribution is 2.13. The van der Waals surface area contributed by atoms with Crippen LogP contribution >= 0.6 is 0 Å². The average molecular weight is 165 g/mol. The number of carbonyl (C=O) groups excluding carboxylic acids is 1. The lowest BCUT2D eigenvalue weighted by Gasteiger charge is -2.22. The van der Waals surface area contributed by atoms with Crippen LogP contribution in [0.4, 0.5) is 8.78 Å². The molecule has 0 aliphatic heterocycles. The van der Waals surface area contributed by atoms with Crippen LogP contribution in [0, 0.1) is 0 Å². The molecule has 0 aliphatic carbocycles. The van der Waals surface area contributed by atoms with Crippen LogP contribution in [0.2, 0.25) is 0 Å². The third-order valence-electron chi connectivity index (χ3n) is 1.30. The van der Waals surface area contributed by atoms with Crippen LogP contribution in [0.5, 0.6) is 0 Å². The van der Waals surface area contributed by atoms with Crippen molar-refractivity contribution in [1.82, 2.24) is 4.90 Å². The van der Waals surface area contributed by atoms with Gasteiger partial charge in [-0.15, -0.1) is 0 Å². The summed E-state index contributed by atoms with van der Waals surface area (Å²) in [5, 5.41) is 0. The minimum absolute atomic E-state index is 0.311. The predicted octanol–water partition coefficient (Wildman–Crippen LogP) is 1.51. The molecule has 0 N–H and O–H groups in total. The summed E-state index contributed by atoms with van der Waals surface area (Å²) in [5.41, 5.74) is 0. The maximum atomic E-state index is 12.3. The standard InChI is InChI=1S/C7H13F2NO/c1-4-10(6(2)11)5-7(3,8)9/h4-5H2,1-3H3. The fourth-order valence-corrected chi connectivity index (χ4v) is 0.781. The van der Waals surface area contributed by atoms with E-state index in [2.05, 4.69) is 0 Å². The topological polar surface area (TPSA) is 20.3 Å². The van der Waals surface area contributed by atoms with Crippen LogP contribution in [0.1, 0.15) is 20.8 Å². The monoisotopic (exact) mass is 165 g/mol. The van der Waals surface area contributed by atoms with E-state index in [9.17, 15) is 13.6 Å². The van der Waals surface area contributed by atoms with Crippen LogP contribution in [0.15, 0.2) is 0 Å². The molecular formula is C7H13F2NO. The molecule has 0 unspecified atom stereocenters. The SMILES string of the molecule is CCN(CC(C)(F)F)C(C)=O. The summed E-state index contributed by atoms with van der Waals surface area (Å²) in [7, 11) is 0. The summed E-state index contributed by atoms with van der Waals surface area (Å²) >= 11 is 0. The number of carbonyl (C=O) groups is 1. The predicted molar refractivity (Wildman–Crippen MR) is 38.5 cm³/mol. The summed E-state index contributed by atoms with van der Waals surface area (Å²) in [5.74, 6) is -3.10. The van der Waals surface area contributed by atoms with Gasteiger partial charge in [-0.1, -0.05) is 0 Å². The van der Waals surface area contributed by atoms with E-state index in [1.165, 1.54) is 6.92 Å². The van der Waals surface area contributed by atoms with Crippen molar-refractivity contribution >= 4 is 5.91 Å². The Hall–Kier alpha value is -0.670. The zero-order chi connectivity index (χ0) is 9.07. The number of halogens is 2. The molecule has 1 amide bonds. The first-order chi connectivity index (χ1) is 4.87. The fraction of sp³-hybridized carbons (Fsp3) is 0.857. The molecule has 0 saturated heterocycles. The Bertz CT molecular complexity index is 142. The lowest BCUT2D eigenvalue weighted by atomic mass is 10.3. The second-order valence-corrected chi connectivity index (χ2v) is 2.60. The molecule has 0 aromatic rings. The maximum Gasteiger partial charge on any atom is 0.262 e. The fourth-order valence-electron chi connectivity index (χ4n) is 0.781. The largest absolute Gasteiger partial charge is 0.337 e. The van der Waals surface area contributed by atoms with Gasteiger partial charge in [-0.2, -0.15) is 0 Å². The second-order valence-electron chi connectivity index (χ2n) is 2.60. The number of hydrogen-bond acceptors (Lipinski definition) is 1. The maximum absolute atomic E-state index is 12.3. The summed E-state index contributed by atoms with van der Waals surface area (Å²) in [6.07, 6.45) is 0. The van der Waals surface area contributed by atoms with Crippen LogP contribution in [0.25, 0.3) is 0 Å². The molecule has 11 heavy (non-hydrogen) atoms. The average Bonchev–Trinajstić information content (AvgIpc) is 1.80. The Labute approximate surface area is 65.2 Å². The summed E-state index contributed by atoms with van der Waals surface area (Å²) in [6, 6.07) is 0. The van der Waals surface area contributed by atoms with Gasteiger partial charge in [0.1, 0.15) is 0 Å². The Morgan fingerprint density at radius 1 is 1.55 bits per heavy atom. The summed E-state index contributed by atoms with van der Waals surface area (Å²) in [4.78, 5) is 11.8. The molecule has 4 heteroatoms. The van der Waals surface area contributed by atoms with Gasteiger partial charge < -0.3 is 4.90 Å². The Kier molecular flexibility index (Phi) is 3.42. The Morgan fingerprint density at radius 2 is 2.00 bits per heavy atom. The minimum atomic E-state index is -2.79. The molecule has 66 valence electrons. The first-order valence-corrected chi connectivity index (χ1v) is 3.50. The van der Waals surface area contributed by atoms with Gasteiger partial charge in [-0.25, -0.2) is 8.78 Å². The molecule has 0 spiro atoms. The number of alkyl halides is 2. The molecule has 0 radical (unpaired) electrons. The van der Waals surface area contributed by atoms with E-state index in [1.807, 2.05) is 0 Å². The van der Waals surface area contributed by atoms with Gasteiger partial charge in [0.2, 0.25) is 5.91 Å². The number of amides is 1. The van der Waals surface area contributed by atoms with Crippen molar-refractivity contribution in [2.75, 3.05) is 13.1 Å². The highest BCUT2D eigenvalue weighted by Gasteiger charge is 2.25. The van der Waals surface area contributed by atoms with E-state index in [4.69, 9.17) is 0 Å². The number of rotatable bonds is 3. The normalized spacial score (nSPS) is 11.4. The molecule has 2 nitrogen and oxygen atoms in total. The Balaban J connectivity index is 3.99. The smallest absolute Gasteiger partial charge is 0.262 e. The first kappa shape index (κ1) is 10.3. The number of hydrogen-bond donors (Lipinski definition) is 0. The molecule has 0 bridgehead atoms. The lowest BCUT2D eigenvalue weighted by Crippen LogP contribution is -2.37. The van der Waals surface area contributed by atoms with E-state index in [1.54, 1.807) is 6.92 Å². The Morgan fingerprint density at radius 3 is 2.09 bits per heavy atom. The van der Waals surface area contributed by atoms with Crippen molar-refractivity contribution < 1.29 is 13.6 Å². The second kappa shape index (κ2) is 3.64. The summed E-state index contributed by atoms with van der Waals surface area (Å²) in [6.45, 7) is 3.61. The van der Waals surface area contributed by atoms with Crippen LogP contribution < -0.4 is 0 Å². The van der Waals surface area contributed by atoms with Crippen molar-refractivity contribution in [3.05, 3.63) is 0 Å². The van der Waals surface area contributed by atoms with E-state index in [-0.39, 0.29) is 5.91 Å². The van der Waals surface area contributed by atoms with Crippen molar-refractivity contribution in [3.8, 4) is 0 Å². The highest BCUT2D eigenvalue weighted by molar-refractivity contribution is 5.73. The van der Waals surface area contributed by atoms with Gasteiger partial charge >= 0.3 is 0 Å². The van der Waals surface area contributed by atoms with Gasteiger partial charge in [0.15, 0.2) is 0 Å². The van der Waals surface area contributed by atoms with E-state index >= 15 is 0 Å². The minimum Gasteiger partial charge on any atom is -0.337 e. The molecular weight excluding hydrogens is 152 g/mol.